The standard InChI is InChI=1S/C23H18ClN3O7/c1-32-21-12-14(6-8-20(21)34-19-9-7-15(24)13-18(19)27(30)31)22(28)25-16-4-2-3-5-17(16)26-10-11-33-23(26)29/h2-9,12-13H,10-11H2,1H3,(H,25,28). The third-order valence-electron chi connectivity index (χ3n) is 4.97. The smallest absolute Gasteiger partial charge is 0.414 e. The fourth-order valence-electron chi connectivity index (χ4n) is 3.35. The van der Waals surface area contributed by atoms with Gasteiger partial charge in [-0.1, -0.05) is 23.7 Å². The van der Waals surface area contributed by atoms with Gasteiger partial charge in [-0.3, -0.25) is 19.8 Å². The molecule has 174 valence electrons. The first-order valence-corrected chi connectivity index (χ1v) is 10.4. The minimum absolute atomic E-state index is 0.0312. The number of nitrogens with zero attached hydrogens (tertiary/aromatic N) is 2. The third kappa shape index (κ3) is 4.71. The van der Waals surface area contributed by atoms with Crippen LogP contribution < -0.4 is 19.7 Å². The fraction of sp³-hybridized carbons (Fsp3) is 0.130. The summed E-state index contributed by atoms with van der Waals surface area (Å²) in [5, 5.41) is 14.3. The lowest BCUT2D eigenvalue weighted by molar-refractivity contribution is -0.385. The average Bonchev–Trinajstić information content (AvgIpc) is 3.26. The molecule has 1 saturated heterocycles. The zero-order valence-electron chi connectivity index (χ0n) is 17.8. The van der Waals surface area contributed by atoms with Gasteiger partial charge in [0.25, 0.3) is 5.91 Å². The van der Waals surface area contributed by atoms with E-state index in [0.717, 1.165) is 0 Å². The van der Waals surface area contributed by atoms with Crippen LogP contribution in [0.1, 0.15) is 10.4 Å². The lowest BCUT2D eigenvalue weighted by atomic mass is 10.1. The zero-order valence-corrected chi connectivity index (χ0v) is 18.6. The number of nitro groups is 1. The second-order valence-corrected chi connectivity index (χ2v) is 7.51. The molecule has 0 radical (unpaired) electrons. The molecule has 10 nitrogen and oxygen atoms in total. The predicted molar refractivity (Wildman–Crippen MR) is 124 cm³/mol. The summed E-state index contributed by atoms with van der Waals surface area (Å²) in [6.07, 6.45) is -0.485. The number of carbonyl (C=O) groups is 2. The van der Waals surface area contributed by atoms with Crippen LogP contribution in [0.25, 0.3) is 0 Å². The maximum atomic E-state index is 12.9. The number of nitrogens with one attached hydrogen (secondary N) is 1. The first kappa shape index (κ1) is 22.9. The van der Waals surface area contributed by atoms with Gasteiger partial charge in [-0.05, 0) is 42.5 Å². The summed E-state index contributed by atoms with van der Waals surface area (Å²) in [7, 11) is 1.38. The summed E-state index contributed by atoms with van der Waals surface area (Å²) in [6, 6.07) is 15.3. The summed E-state index contributed by atoms with van der Waals surface area (Å²) < 4.78 is 16.0. The van der Waals surface area contributed by atoms with E-state index in [9.17, 15) is 19.7 Å². The van der Waals surface area contributed by atoms with Crippen molar-refractivity contribution < 1.29 is 28.7 Å². The normalized spacial score (nSPS) is 12.8. The first-order valence-electron chi connectivity index (χ1n) is 10.0. The van der Waals surface area contributed by atoms with Crippen LogP contribution in [0.4, 0.5) is 21.9 Å². The van der Waals surface area contributed by atoms with Crippen LogP contribution in [0.5, 0.6) is 17.2 Å². The predicted octanol–water partition coefficient (Wildman–Crippen LogP) is 5.26. The van der Waals surface area contributed by atoms with Crippen LogP contribution in [-0.2, 0) is 4.74 Å². The van der Waals surface area contributed by atoms with E-state index >= 15 is 0 Å². The maximum Gasteiger partial charge on any atom is 0.414 e. The number of para-hydroxylation sites is 2. The van der Waals surface area contributed by atoms with Crippen molar-refractivity contribution in [2.45, 2.75) is 0 Å². The average molecular weight is 484 g/mol. The van der Waals surface area contributed by atoms with E-state index in [2.05, 4.69) is 5.32 Å². The molecule has 3 aromatic carbocycles. The number of carbonyl (C=O) groups excluding carboxylic acids is 2. The van der Waals surface area contributed by atoms with Crippen LogP contribution in [0.15, 0.2) is 60.7 Å². The number of hydrogen-bond acceptors (Lipinski definition) is 7. The van der Waals surface area contributed by atoms with Gasteiger partial charge in [-0.25, -0.2) is 4.79 Å². The molecule has 1 N–H and O–H groups in total. The summed E-state index contributed by atoms with van der Waals surface area (Å²) in [4.78, 5) is 37.0. The Hall–Kier alpha value is -4.31. The van der Waals surface area contributed by atoms with Crippen molar-refractivity contribution in [2.75, 3.05) is 30.5 Å². The monoisotopic (exact) mass is 483 g/mol. The van der Waals surface area contributed by atoms with Crippen LogP contribution in [0, 0.1) is 10.1 Å². The van der Waals surface area contributed by atoms with Crippen molar-refractivity contribution in [2.24, 2.45) is 0 Å². The Kier molecular flexibility index (Phi) is 6.51. The topological polar surface area (TPSA) is 120 Å². The SMILES string of the molecule is COc1cc(C(=O)Nc2ccccc2N2CCOC2=O)ccc1Oc1ccc(Cl)cc1[N+](=O)[O-]. The van der Waals surface area contributed by atoms with Crippen LogP contribution in [-0.4, -0.2) is 37.2 Å². The largest absolute Gasteiger partial charge is 0.493 e. The number of cyclic esters (lactones) is 1. The second-order valence-electron chi connectivity index (χ2n) is 7.07. The molecule has 1 aliphatic heterocycles. The van der Waals surface area contributed by atoms with E-state index in [1.54, 1.807) is 24.3 Å². The molecule has 34 heavy (non-hydrogen) atoms. The molecule has 0 aromatic heterocycles. The van der Waals surface area contributed by atoms with E-state index in [1.807, 2.05) is 0 Å². The highest BCUT2D eigenvalue weighted by atomic mass is 35.5. The number of ether oxygens (including phenoxy) is 3. The highest BCUT2D eigenvalue weighted by Gasteiger charge is 2.26. The summed E-state index contributed by atoms with van der Waals surface area (Å²) in [6.45, 7) is 0.647. The zero-order chi connectivity index (χ0) is 24.2. The number of nitro benzene ring substituents is 1. The lowest BCUT2D eigenvalue weighted by Gasteiger charge is -2.18. The Morgan fingerprint density at radius 3 is 2.59 bits per heavy atom. The number of amides is 2. The Balaban J connectivity index is 1.58. The van der Waals surface area contributed by atoms with E-state index in [1.165, 1.54) is 48.4 Å². The van der Waals surface area contributed by atoms with Crippen molar-refractivity contribution in [1.82, 2.24) is 0 Å². The van der Waals surface area contributed by atoms with Crippen LogP contribution in [0.2, 0.25) is 5.02 Å². The number of rotatable bonds is 7. The van der Waals surface area contributed by atoms with Crippen molar-refractivity contribution in [3.05, 3.63) is 81.4 Å². The molecule has 2 amide bonds. The van der Waals surface area contributed by atoms with Gasteiger partial charge in [0, 0.05) is 16.7 Å². The molecule has 0 saturated carbocycles. The highest BCUT2D eigenvalue weighted by Crippen LogP contribution is 2.38. The molecule has 0 bridgehead atoms. The number of halogens is 1. The number of hydrogen-bond donors (Lipinski definition) is 1. The summed E-state index contributed by atoms with van der Waals surface area (Å²) in [5.74, 6) is -0.128. The number of benzene rings is 3. The third-order valence-corrected chi connectivity index (χ3v) is 5.20. The van der Waals surface area contributed by atoms with E-state index in [0.29, 0.717) is 17.9 Å². The van der Waals surface area contributed by atoms with Crippen molar-refractivity contribution in [3.8, 4) is 17.2 Å². The van der Waals surface area contributed by atoms with Crippen LogP contribution >= 0.6 is 11.6 Å². The molecule has 1 heterocycles. The van der Waals surface area contributed by atoms with E-state index < -0.39 is 16.9 Å². The molecular weight excluding hydrogens is 466 g/mol. The molecule has 11 heteroatoms. The fourth-order valence-corrected chi connectivity index (χ4v) is 3.52. The van der Waals surface area contributed by atoms with Gasteiger partial charge >= 0.3 is 11.8 Å². The van der Waals surface area contributed by atoms with Gasteiger partial charge in [0.1, 0.15) is 6.61 Å². The summed E-state index contributed by atoms with van der Waals surface area (Å²) in [5.41, 5.74) is 0.879. The minimum Gasteiger partial charge on any atom is -0.493 e. The van der Waals surface area contributed by atoms with Crippen molar-refractivity contribution in [3.63, 3.8) is 0 Å². The van der Waals surface area contributed by atoms with Gasteiger partial charge < -0.3 is 19.5 Å². The van der Waals surface area contributed by atoms with Gasteiger partial charge in [-0.2, -0.15) is 0 Å². The Labute approximate surface area is 198 Å². The molecule has 0 spiro atoms. The van der Waals surface area contributed by atoms with Crippen LogP contribution in [0.3, 0.4) is 0 Å². The lowest BCUT2D eigenvalue weighted by Crippen LogP contribution is -2.25. The molecular formula is C23H18ClN3O7. The maximum absolute atomic E-state index is 12.9. The molecule has 0 unspecified atom stereocenters. The van der Waals surface area contributed by atoms with Crippen molar-refractivity contribution in [1.29, 1.82) is 0 Å². The molecule has 1 fully saturated rings. The highest BCUT2D eigenvalue weighted by molar-refractivity contribution is 6.30. The van der Waals surface area contributed by atoms with E-state index in [4.69, 9.17) is 25.8 Å². The molecule has 4 rings (SSSR count). The van der Waals surface area contributed by atoms with Gasteiger partial charge in [0.15, 0.2) is 11.5 Å². The Morgan fingerprint density at radius 2 is 1.88 bits per heavy atom. The molecule has 0 atom stereocenters. The Morgan fingerprint density at radius 1 is 1.12 bits per heavy atom. The van der Waals surface area contributed by atoms with Gasteiger partial charge in [0.05, 0.1) is 30.0 Å². The molecule has 0 aliphatic carbocycles. The van der Waals surface area contributed by atoms with Gasteiger partial charge in [0.2, 0.25) is 5.75 Å². The number of methoxy groups -OCH3 is 1. The minimum atomic E-state index is -0.608. The van der Waals surface area contributed by atoms with E-state index in [-0.39, 0.29) is 40.1 Å². The molecule has 1 aliphatic rings. The summed E-state index contributed by atoms with van der Waals surface area (Å²) >= 11 is 5.85. The van der Waals surface area contributed by atoms with Crippen molar-refractivity contribution >= 4 is 40.7 Å². The molecule has 3 aromatic rings. The Bertz CT molecular complexity index is 1280. The quantitative estimate of drug-likeness (QED) is 0.359. The number of anilines is 2. The first-order chi connectivity index (χ1) is 16.4. The van der Waals surface area contributed by atoms with Gasteiger partial charge in [-0.15, -0.1) is 0 Å². The second kappa shape index (κ2) is 9.67.